The van der Waals surface area contributed by atoms with Gasteiger partial charge in [-0.05, 0) is 61.4 Å². The Labute approximate surface area is 202 Å². The number of carbonyl (C=O) groups is 3. The maximum Gasteiger partial charge on any atom is 0.329 e. The van der Waals surface area contributed by atoms with Crippen LogP contribution in [-0.2, 0) is 20.9 Å². The number of nitrogens with one attached hydrogen (secondary N) is 3. The van der Waals surface area contributed by atoms with Crippen molar-refractivity contribution in [3.8, 4) is 11.5 Å². The predicted molar refractivity (Wildman–Crippen MR) is 129 cm³/mol. The first-order chi connectivity index (χ1) is 17.0. The molecule has 0 bridgehead atoms. The van der Waals surface area contributed by atoms with Gasteiger partial charge in [-0.2, -0.15) is 5.10 Å². The monoisotopic (exact) mass is 478 g/mol. The summed E-state index contributed by atoms with van der Waals surface area (Å²) in [7, 11) is 0. The topological polar surface area (TPSA) is 131 Å². The predicted octanol–water partition coefficient (Wildman–Crippen LogP) is 2.77. The number of nitrogens with zero attached hydrogens (tertiary/aromatic N) is 1. The Morgan fingerprint density at radius 2 is 1.83 bits per heavy atom. The molecule has 3 N–H and O–H groups in total. The van der Waals surface area contributed by atoms with Gasteiger partial charge in [-0.3, -0.25) is 14.4 Å². The fourth-order valence-corrected chi connectivity index (χ4v) is 2.91. The molecule has 10 heteroatoms. The molecule has 1 aromatic heterocycles. The number of amides is 3. The van der Waals surface area contributed by atoms with E-state index in [0.717, 1.165) is 11.3 Å². The Morgan fingerprint density at radius 1 is 1.00 bits per heavy atom. The number of rotatable bonds is 10. The van der Waals surface area contributed by atoms with Crippen LogP contribution in [0.4, 0.5) is 5.69 Å². The number of furan rings is 1. The fourth-order valence-electron chi connectivity index (χ4n) is 2.91. The summed E-state index contributed by atoms with van der Waals surface area (Å²) in [5.41, 5.74) is 4.41. The number of ether oxygens (including phenoxy) is 2. The number of aryl methyl sites for hydroxylation is 1. The van der Waals surface area contributed by atoms with Crippen molar-refractivity contribution in [2.45, 2.75) is 20.4 Å². The number of benzene rings is 2. The summed E-state index contributed by atoms with van der Waals surface area (Å²) < 4.78 is 16.3. The van der Waals surface area contributed by atoms with Crippen molar-refractivity contribution in [2.24, 2.45) is 5.10 Å². The number of hydrogen-bond donors (Lipinski definition) is 3. The van der Waals surface area contributed by atoms with E-state index in [9.17, 15) is 14.4 Å². The Kier molecular flexibility index (Phi) is 9.00. The average molecular weight is 479 g/mol. The highest BCUT2D eigenvalue weighted by molar-refractivity contribution is 6.35. The van der Waals surface area contributed by atoms with Gasteiger partial charge in [0, 0.05) is 5.69 Å². The van der Waals surface area contributed by atoms with Gasteiger partial charge in [-0.15, -0.1) is 0 Å². The summed E-state index contributed by atoms with van der Waals surface area (Å²) in [6.45, 7) is 3.98. The first-order valence-corrected chi connectivity index (χ1v) is 10.8. The molecule has 1 heterocycles. The van der Waals surface area contributed by atoms with Gasteiger partial charge in [0.05, 0.1) is 25.6 Å². The summed E-state index contributed by atoms with van der Waals surface area (Å²) in [6, 6.07) is 15.7. The van der Waals surface area contributed by atoms with Crippen LogP contribution in [-0.4, -0.2) is 37.1 Å². The highest BCUT2D eigenvalue weighted by Crippen LogP contribution is 2.28. The van der Waals surface area contributed by atoms with Gasteiger partial charge in [0.15, 0.2) is 18.1 Å². The largest absolute Gasteiger partial charge is 0.490 e. The van der Waals surface area contributed by atoms with Crippen LogP contribution in [0.3, 0.4) is 0 Å². The van der Waals surface area contributed by atoms with Crippen LogP contribution in [0.1, 0.15) is 23.8 Å². The van der Waals surface area contributed by atoms with E-state index in [1.54, 1.807) is 30.3 Å². The summed E-state index contributed by atoms with van der Waals surface area (Å²) in [5, 5.41) is 9.02. The van der Waals surface area contributed by atoms with E-state index >= 15 is 0 Å². The SMILES string of the molecule is CCOc1cc(/C=N\NC(=O)C(=O)NCc2ccco2)ccc1OCC(=O)Nc1ccccc1C. The average Bonchev–Trinajstić information content (AvgIpc) is 3.37. The molecule has 0 atom stereocenters. The van der Waals surface area contributed by atoms with Crippen LogP contribution in [0.25, 0.3) is 0 Å². The number of anilines is 1. The highest BCUT2D eigenvalue weighted by Gasteiger charge is 2.13. The molecule has 0 saturated carbocycles. The summed E-state index contributed by atoms with van der Waals surface area (Å²) in [5.74, 6) is -0.764. The standard InChI is InChI=1S/C25H26N4O6/c1-3-33-22-13-18(14-27-29-25(32)24(31)26-15-19-8-6-12-34-19)10-11-21(22)35-16-23(30)28-20-9-5-4-7-17(20)2/h4-14H,3,15-16H2,1-2H3,(H,26,31)(H,28,30)(H,29,32)/b27-14-. The smallest absolute Gasteiger partial charge is 0.329 e. The van der Waals surface area contributed by atoms with E-state index in [2.05, 4.69) is 21.2 Å². The molecule has 182 valence electrons. The lowest BCUT2D eigenvalue weighted by Crippen LogP contribution is -2.37. The van der Waals surface area contributed by atoms with Crippen molar-refractivity contribution in [1.29, 1.82) is 0 Å². The Morgan fingerprint density at radius 3 is 2.57 bits per heavy atom. The van der Waals surface area contributed by atoms with E-state index in [1.807, 2.05) is 38.1 Å². The molecule has 10 nitrogen and oxygen atoms in total. The first kappa shape index (κ1) is 25.0. The quantitative estimate of drug-likeness (QED) is 0.233. The normalized spacial score (nSPS) is 10.6. The van der Waals surface area contributed by atoms with Gasteiger partial charge in [0.2, 0.25) is 0 Å². The summed E-state index contributed by atoms with van der Waals surface area (Å²) >= 11 is 0. The van der Waals surface area contributed by atoms with Crippen molar-refractivity contribution in [3.63, 3.8) is 0 Å². The zero-order valence-electron chi connectivity index (χ0n) is 19.4. The third-order valence-electron chi connectivity index (χ3n) is 4.63. The second-order valence-corrected chi connectivity index (χ2v) is 7.25. The molecule has 0 fully saturated rings. The van der Waals surface area contributed by atoms with E-state index < -0.39 is 11.8 Å². The van der Waals surface area contributed by atoms with E-state index in [4.69, 9.17) is 13.9 Å². The maximum absolute atomic E-state index is 12.3. The number of carbonyl (C=O) groups excluding carboxylic acids is 3. The molecule has 0 aliphatic rings. The maximum atomic E-state index is 12.3. The molecule has 0 unspecified atom stereocenters. The van der Waals surface area contributed by atoms with Crippen molar-refractivity contribution < 1.29 is 28.3 Å². The molecule has 3 aromatic rings. The Hall–Kier alpha value is -4.60. The molecule has 35 heavy (non-hydrogen) atoms. The van der Waals surface area contributed by atoms with Crippen LogP contribution >= 0.6 is 0 Å². The van der Waals surface area contributed by atoms with Gasteiger partial charge in [0.25, 0.3) is 5.91 Å². The van der Waals surface area contributed by atoms with Gasteiger partial charge < -0.3 is 24.5 Å². The van der Waals surface area contributed by atoms with Crippen LogP contribution in [0.2, 0.25) is 0 Å². The zero-order valence-corrected chi connectivity index (χ0v) is 19.4. The van der Waals surface area contributed by atoms with Crippen LogP contribution < -0.4 is 25.5 Å². The molecule has 0 radical (unpaired) electrons. The molecular weight excluding hydrogens is 452 g/mol. The van der Waals surface area contributed by atoms with Crippen LogP contribution in [0.15, 0.2) is 70.4 Å². The Balaban J connectivity index is 1.53. The second-order valence-electron chi connectivity index (χ2n) is 7.25. The minimum Gasteiger partial charge on any atom is -0.490 e. The highest BCUT2D eigenvalue weighted by atomic mass is 16.5. The van der Waals surface area contributed by atoms with E-state index in [1.165, 1.54) is 12.5 Å². The molecule has 3 amide bonds. The van der Waals surface area contributed by atoms with Gasteiger partial charge in [-0.25, -0.2) is 5.43 Å². The molecule has 3 rings (SSSR count). The molecule has 0 spiro atoms. The lowest BCUT2D eigenvalue weighted by molar-refractivity contribution is -0.139. The molecule has 0 aliphatic heterocycles. The van der Waals surface area contributed by atoms with Crippen LogP contribution in [0, 0.1) is 6.92 Å². The number of hydrogen-bond acceptors (Lipinski definition) is 7. The second kappa shape index (κ2) is 12.6. The van der Waals surface area contributed by atoms with E-state index in [-0.39, 0.29) is 19.1 Å². The lowest BCUT2D eigenvalue weighted by atomic mass is 10.2. The number of hydrazone groups is 1. The molecular formula is C25H26N4O6. The zero-order chi connectivity index (χ0) is 25.0. The van der Waals surface area contributed by atoms with Gasteiger partial charge >= 0.3 is 11.8 Å². The van der Waals surface area contributed by atoms with Crippen molar-refractivity contribution >= 4 is 29.6 Å². The third kappa shape index (κ3) is 7.74. The molecule has 0 saturated heterocycles. The minimum atomic E-state index is -0.919. The fraction of sp³-hybridized carbons (Fsp3) is 0.200. The minimum absolute atomic E-state index is 0.0884. The van der Waals surface area contributed by atoms with Crippen molar-refractivity contribution in [2.75, 3.05) is 18.5 Å². The summed E-state index contributed by atoms with van der Waals surface area (Å²) in [6.07, 6.45) is 2.83. The first-order valence-electron chi connectivity index (χ1n) is 10.8. The van der Waals surface area contributed by atoms with E-state index in [0.29, 0.717) is 29.4 Å². The Bertz CT molecular complexity index is 1190. The summed E-state index contributed by atoms with van der Waals surface area (Å²) in [4.78, 5) is 36.0. The number of para-hydroxylation sites is 1. The van der Waals surface area contributed by atoms with Gasteiger partial charge in [-0.1, -0.05) is 18.2 Å². The van der Waals surface area contributed by atoms with Crippen molar-refractivity contribution in [3.05, 3.63) is 77.7 Å². The third-order valence-corrected chi connectivity index (χ3v) is 4.63. The van der Waals surface area contributed by atoms with Crippen molar-refractivity contribution in [1.82, 2.24) is 10.7 Å². The van der Waals surface area contributed by atoms with Gasteiger partial charge in [0.1, 0.15) is 5.76 Å². The molecule has 0 aliphatic carbocycles. The van der Waals surface area contributed by atoms with Crippen LogP contribution in [0.5, 0.6) is 11.5 Å². The molecule has 2 aromatic carbocycles. The lowest BCUT2D eigenvalue weighted by Gasteiger charge is -2.13.